The second kappa shape index (κ2) is 6.80. The summed E-state index contributed by atoms with van der Waals surface area (Å²) in [7, 11) is 0. The van der Waals surface area contributed by atoms with Crippen molar-refractivity contribution in [3.63, 3.8) is 0 Å². The molecule has 2 rings (SSSR count). The first-order valence-electron chi connectivity index (χ1n) is 7.19. The maximum atomic E-state index is 13.2. The summed E-state index contributed by atoms with van der Waals surface area (Å²) in [5.74, 6) is -0.208. The molecule has 1 aromatic rings. The molecule has 1 aliphatic carbocycles. The Morgan fingerprint density at radius 1 is 1.26 bits per heavy atom. The summed E-state index contributed by atoms with van der Waals surface area (Å²) >= 11 is 0. The summed E-state index contributed by atoms with van der Waals surface area (Å²) in [5.41, 5.74) is 1.13. The van der Waals surface area contributed by atoms with Crippen LogP contribution in [-0.4, -0.2) is 18.4 Å². The first-order chi connectivity index (χ1) is 9.16. The van der Waals surface area contributed by atoms with Gasteiger partial charge in [-0.05, 0) is 43.5 Å². The number of hydrogen-bond acceptors (Lipinski definition) is 2. The van der Waals surface area contributed by atoms with Gasteiger partial charge in [0.25, 0.3) is 0 Å². The predicted molar refractivity (Wildman–Crippen MR) is 75.0 cm³/mol. The Balaban J connectivity index is 1.87. The summed E-state index contributed by atoms with van der Waals surface area (Å²) in [6.45, 7) is 2.04. The fourth-order valence-corrected chi connectivity index (χ4v) is 2.64. The largest absolute Gasteiger partial charge is 0.307 e. The molecule has 0 bridgehead atoms. The maximum Gasteiger partial charge on any atom is 0.176 e. The number of halogens is 1. The number of nitrogens with one attached hydrogen (secondary N) is 1. The van der Waals surface area contributed by atoms with Crippen LogP contribution in [0.25, 0.3) is 0 Å². The van der Waals surface area contributed by atoms with Gasteiger partial charge in [0.15, 0.2) is 5.78 Å². The van der Waals surface area contributed by atoms with Crippen molar-refractivity contribution in [1.82, 2.24) is 5.32 Å². The monoisotopic (exact) mass is 263 g/mol. The molecule has 0 unspecified atom stereocenters. The molecule has 1 fully saturated rings. The van der Waals surface area contributed by atoms with Gasteiger partial charge in [-0.25, -0.2) is 4.39 Å². The van der Waals surface area contributed by atoms with Crippen molar-refractivity contribution in [3.8, 4) is 0 Å². The zero-order valence-electron chi connectivity index (χ0n) is 11.5. The van der Waals surface area contributed by atoms with E-state index in [0.717, 1.165) is 12.8 Å². The summed E-state index contributed by atoms with van der Waals surface area (Å²) in [6, 6.07) is 5.04. The van der Waals surface area contributed by atoms with Gasteiger partial charge >= 0.3 is 0 Å². The van der Waals surface area contributed by atoms with E-state index >= 15 is 0 Å². The predicted octanol–water partition coefficient (Wildman–Crippen LogP) is 3.63. The third-order valence-electron chi connectivity index (χ3n) is 3.89. The van der Waals surface area contributed by atoms with Gasteiger partial charge in [0.2, 0.25) is 0 Å². The summed E-state index contributed by atoms with van der Waals surface area (Å²) < 4.78 is 13.2. The van der Waals surface area contributed by atoms with Gasteiger partial charge in [0.1, 0.15) is 5.82 Å². The summed E-state index contributed by atoms with van der Waals surface area (Å²) in [6.07, 6.45) is 7.45. The van der Waals surface area contributed by atoms with Crippen LogP contribution in [0.2, 0.25) is 0 Å². The van der Waals surface area contributed by atoms with Crippen LogP contribution >= 0.6 is 0 Å². The number of ketones is 1. The van der Waals surface area contributed by atoms with Crippen molar-refractivity contribution >= 4 is 5.78 Å². The van der Waals surface area contributed by atoms with Crippen LogP contribution < -0.4 is 5.32 Å². The number of benzene rings is 1. The molecule has 1 aromatic carbocycles. The minimum atomic E-state index is -0.256. The zero-order valence-corrected chi connectivity index (χ0v) is 11.5. The van der Waals surface area contributed by atoms with Crippen molar-refractivity contribution in [2.45, 2.75) is 51.5 Å². The average molecular weight is 263 g/mol. The number of rotatable bonds is 4. The second-order valence-corrected chi connectivity index (χ2v) is 5.46. The molecule has 1 aliphatic rings. The number of Topliss-reactive ketones (excluding diaryl/α,β-unsaturated/α-hetero) is 1. The SMILES string of the molecule is Cc1cc(C(=O)CNC2CCCCCC2)ccc1F. The van der Waals surface area contributed by atoms with Gasteiger partial charge in [0.05, 0.1) is 6.54 Å². The Morgan fingerprint density at radius 3 is 2.58 bits per heavy atom. The Morgan fingerprint density at radius 2 is 1.95 bits per heavy atom. The minimum absolute atomic E-state index is 0.0485. The molecule has 3 heteroatoms. The lowest BCUT2D eigenvalue weighted by molar-refractivity contribution is 0.0986. The molecule has 19 heavy (non-hydrogen) atoms. The molecule has 2 nitrogen and oxygen atoms in total. The third kappa shape index (κ3) is 4.13. The van der Waals surface area contributed by atoms with E-state index in [-0.39, 0.29) is 11.6 Å². The lowest BCUT2D eigenvalue weighted by Gasteiger charge is -2.15. The smallest absolute Gasteiger partial charge is 0.176 e. The molecule has 0 aromatic heterocycles. The van der Waals surface area contributed by atoms with E-state index < -0.39 is 0 Å². The van der Waals surface area contributed by atoms with Gasteiger partial charge in [-0.1, -0.05) is 25.7 Å². The fraction of sp³-hybridized carbons (Fsp3) is 0.562. The Labute approximate surface area is 114 Å². The van der Waals surface area contributed by atoms with E-state index in [1.165, 1.54) is 31.7 Å². The van der Waals surface area contributed by atoms with E-state index in [1.807, 2.05) is 0 Å². The van der Waals surface area contributed by atoms with Crippen LogP contribution in [0.3, 0.4) is 0 Å². The van der Waals surface area contributed by atoms with Crippen LogP contribution in [0.4, 0.5) is 4.39 Å². The number of carbonyl (C=O) groups is 1. The fourth-order valence-electron chi connectivity index (χ4n) is 2.64. The number of carbonyl (C=O) groups excluding carboxylic acids is 1. The van der Waals surface area contributed by atoms with E-state index in [2.05, 4.69) is 5.32 Å². The topological polar surface area (TPSA) is 29.1 Å². The van der Waals surface area contributed by atoms with Crippen molar-refractivity contribution in [1.29, 1.82) is 0 Å². The van der Waals surface area contributed by atoms with Gasteiger partial charge < -0.3 is 5.32 Å². The Kier molecular flexibility index (Phi) is 5.08. The number of hydrogen-bond donors (Lipinski definition) is 1. The molecule has 0 amide bonds. The van der Waals surface area contributed by atoms with Gasteiger partial charge in [-0.15, -0.1) is 0 Å². The molecule has 0 saturated heterocycles. The van der Waals surface area contributed by atoms with Crippen LogP contribution in [0.5, 0.6) is 0 Å². The molecular weight excluding hydrogens is 241 g/mol. The molecular formula is C16H22FNO. The Bertz CT molecular complexity index is 436. The van der Waals surface area contributed by atoms with E-state index in [4.69, 9.17) is 0 Å². The van der Waals surface area contributed by atoms with E-state index in [1.54, 1.807) is 19.1 Å². The first kappa shape index (κ1) is 14.2. The van der Waals surface area contributed by atoms with Crippen molar-refractivity contribution < 1.29 is 9.18 Å². The third-order valence-corrected chi connectivity index (χ3v) is 3.89. The lowest BCUT2D eigenvalue weighted by atomic mass is 10.1. The van der Waals surface area contributed by atoms with E-state index in [9.17, 15) is 9.18 Å². The van der Waals surface area contributed by atoms with Crippen molar-refractivity contribution in [2.75, 3.05) is 6.54 Å². The van der Waals surface area contributed by atoms with Gasteiger partial charge in [-0.2, -0.15) is 0 Å². The van der Waals surface area contributed by atoms with Crippen LogP contribution in [-0.2, 0) is 0 Å². The molecule has 0 heterocycles. The molecule has 1 N–H and O–H groups in total. The molecule has 0 radical (unpaired) electrons. The molecule has 1 saturated carbocycles. The van der Waals surface area contributed by atoms with Gasteiger partial charge in [-0.3, -0.25) is 4.79 Å². The highest BCUT2D eigenvalue weighted by Crippen LogP contribution is 2.17. The van der Waals surface area contributed by atoms with Crippen LogP contribution in [0.1, 0.15) is 54.4 Å². The quantitative estimate of drug-likeness (QED) is 0.664. The summed E-state index contributed by atoms with van der Waals surface area (Å²) in [4.78, 5) is 12.1. The molecule has 0 aliphatic heterocycles. The minimum Gasteiger partial charge on any atom is -0.307 e. The van der Waals surface area contributed by atoms with Crippen molar-refractivity contribution in [3.05, 3.63) is 35.1 Å². The lowest BCUT2D eigenvalue weighted by Crippen LogP contribution is -2.33. The second-order valence-electron chi connectivity index (χ2n) is 5.46. The summed E-state index contributed by atoms with van der Waals surface area (Å²) in [5, 5.41) is 3.35. The highest BCUT2D eigenvalue weighted by atomic mass is 19.1. The van der Waals surface area contributed by atoms with Crippen molar-refractivity contribution in [2.24, 2.45) is 0 Å². The van der Waals surface area contributed by atoms with Crippen LogP contribution in [0, 0.1) is 12.7 Å². The standard InChI is InChI=1S/C16H22FNO/c1-12-10-13(8-9-15(12)17)16(19)11-18-14-6-4-2-3-5-7-14/h8-10,14,18H,2-7,11H2,1H3. The zero-order chi connectivity index (χ0) is 13.7. The number of aryl methyl sites for hydroxylation is 1. The Hall–Kier alpha value is -1.22. The molecule has 0 spiro atoms. The van der Waals surface area contributed by atoms with E-state index in [0.29, 0.717) is 23.7 Å². The normalized spacial score (nSPS) is 17.2. The maximum absolute atomic E-state index is 13.2. The molecule has 104 valence electrons. The van der Waals surface area contributed by atoms with Crippen LogP contribution in [0.15, 0.2) is 18.2 Å². The average Bonchev–Trinajstić information content (AvgIpc) is 2.67. The first-order valence-corrected chi connectivity index (χ1v) is 7.19. The van der Waals surface area contributed by atoms with Gasteiger partial charge in [0, 0.05) is 11.6 Å². The highest BCUT2D eigenvalue weighted by Gasteiger charge is 2.14. The highest BCUT2D eigenvalue weighted by molar-refractivity contribution is 5.97. The molecule has 0 atom stereocenters.